The summed E-state index contributed by atoms with van der Waals surface area (Å²) in [5.74, 6) is 0.406. The number of nitrogens with zero attached hydrogens (tertiary/aromatic N) is 7. The number of β-amino-alcohol motifs (C(OH)–C–C–N with tert-alkyl or cyclic N) is 2. The first kappa shape index (κ1) is 37.0. The number of aromatic nitrogens is 4. The van der Waals surface area contributed by atoms with Crippen molar-refractivity contribution in [3.8, 4) is 17.3 Å². The minimum absolute atomic E-state index is 0.0197. The Labute approximate surface area is 294 Å². The van der Waals surface area contributed by atoms with Gasteiger partial charge in [0.05, 0.1) is 36.3 Å². The molecular weight excluding hydrogens is 696 g/mol. The molecule has 1 aromatic carbocycles. The third-order valence-corrected chi connectivity index (χ3v) is 11.8. The standard InChI is InChI=1S/C33H44F3N7O5S2/c1-50(46,47)42-15-9-29-27(22-42)31(23-5-6-28(33(34,35)36)30(18-23)49-17-16-40-12-2-4-24(44)19-40)39-43(29)21-25(45)20-41-13-7-26(8-14-41)48-32-37-10-3-11-38-32/h3,5-6,10-11,18,24-26,44-45H,2,4,7-9,12-17,19-22H2,1H3. The number of hydrogen-bond acceptors (Lipinski definition) is 11. The van der Waals surface area contributed by atoms with Gasteiger partial charge in [-0.2, -0.15) is 22.6 Å². The van der Waals surface area contributed by atoms with Crippen LogP contribution in [0.2, 0.25) is 0 Å². The first-order valence-corrected chi connectivity index (χ1v) is 19.8. The first-order chi connectivity index (χ1) is 23.8. The fraction of sp³-hybridized carbons (Fsp3) is 0.606. The highest BCUT2D eigenvalue weighted by molar-refractivity contribution is 7.99. The van der Waals surface area contributed by atoms with Crippen molar-refractivity contribution >= 4 is 21.8 Å². The van der Waals surface area contributed by atoms with Gasteiger partial charge in [0.1, 0.15) is 6.10 Å². The van der Waals surface area contributed by atoms with E-state index in [-0.39, 0.29) is 30.6 Å². The van der Waals surface area contributed by atoms with Gasteiger partial charge in [0.15, 0.2) is 0 Å². The molecule has 0 amide bonds. The van der Waals surface area contributed by atoms with Crippen LogP contribution in [-0.2, 0) is 35.7 Å². The summed E-state index contributed by atoms with van der Waals surface area (Å²) in [5.41, 5.74) is 1.53. The number of thioether (sulfide) groups is 1. The second kappa shape index (κ2) is 15.8. The van der Waals surface area contributed by atoms with Crippen molar-refractivity contribution in [2.75, 3.05) is 57.8 Å². The number of alkyl halides is 3. The zero-order valence-corrected chi connectivity index (χ0v) is 29.6. The molecular formula is C33H44F3N7O5S2. The quantitative estimate of drug-likeness (QED) is 0.265. The van der Waals surface area contributed by atoms with E-state index >= 15 is 0 Å². The average Bonchev–Trinajstić information content (AvgIpc) is 3.42. The van der Waals surface area contributed by atoms with Crippen molar-refractivity contribution in [3.05, 3.63) is 53.5 Å². The first-order valence-electron chi connectivity index (χ1n) is 17.0. The molecule has 0 spiro atoms. The number of benzene rings is 1. The van der Waals surface area contributed by atoms with E-state index in [9.17, 15) is 31.8 Å². The van der Waals surface area contributed by atoms with E-state index in [4.69, 9.17) is 9.84 Å². The van der Waals surface area contributed by atoms with Gasteiger partial charge >= 0.3 is 12.2 Å². The van der Waals surface area contributed by atoms with E-state index in [0.717, 1.165) is 62.0 Å². The monoisotopic (exact) mass is 739 g/mol. The summed E-state index contributed by atoms with van der Waals surface area (Å²) in [6.45, 7) is 4.10. The Morgan fingerprint density at radius 2 is 1.82 bits per heavy atom. The summed E-state index contributed by atoms with van der Waals surface area (Å²) in [4.78, 5) is 12.5. The number of ether oxygens (including phenoxy) is 1. The molecule has 2 unspecified atom stereocenters. The van der Waals surface area contributed by atoms with Gasteiger partial charge in [-0.05, 0) is 50.4 Å². The van der Waals surface area contributed by atoms with Crippen LogP contribution < -0.4 is 4.74 Å². The van der Waals surface area contributed by atoms with E-state index in [1.165, 1.54) is 16.4 Å². The van der Waals surface area contributed by atoms with Crippen LogP contribution in [-0.4, -0.2) is 129 Å². The van der Waals surface area contributed by atoms with Crippen molar-refractivity contribution in [1.82, 2.24) is 33.9 Å². The van der Waals surface area contributed by atoms with E-state index in [1.54, 1.807) is 23.1 Å². The lowest BCUT2D eigenvalue weighted by Gasteiger charge is -2.33. The molecule has 0 bridgehead atoms. The lowest BCUT2D eigenvalue weighted by molar-refractivity contribution is -0.139. The molecule has 2 saturated heterocycles. The molecule has 2 N–H and O–H groups in total. The maximum Gasteiger partial charge on any atom is 0.417 e. The van der Waals surface area contributed by atoms with Crippen LogP contribution in [0.15, 0.2) is 41.6 Å². The highest BCUT2D eigenvalue weighted by Gasteiger charge is 2.35. The zero-order valence-electron chi connectivity index (χ0n) is 28.0. The Bertz CT molecular complexity index is 1710. The van der Waals surface area contributed by atoms with Crippen LogP contribution in [0.1, 0.15) is 42.5 Å². The SMILES string of the molecule is CS(=O)(=O)N1CCc2c(c(-c3ccc(C(F)(F)F)c(SCCN4CCCC(O)C4)c3)nn2CC(O)CN2CCC(Oc3ncccn3)CC2)C1. The van der Waals surface area contributed by atoms with Gasteiger partial charge in [-0.1, -0.05) is 6.07 Å². The summed E-state index contributed by atoms with van der Waals surface area (Å²) < 4.78 is 76.4. The van der Waals surface area contributed by atoms with Crippen LogP contribution in [0.3, 0.4) is 0 Å². The predicted octanol–water partition coefficient (Wildman–Crippen LogP) is 3.13. The number of rotatable bonds is 12. The summed E-state index contributed by atoms with van der Waals surface area (Å²) in [7, 11) is -3.54. The molecule has 2 fully saturated rings. The molecule has 2 aromatic heterocycles. The third-order valence-electron chi connectivity index (χ3n) is 9.48. The second-order valence-electron chi connectivity index (χ2n) is 13.3. The summed E-state index contributed by atoms with van der Waals surface area (Å²) in [6, 6.07) is 6.02. The van der Waals surface area contributed by atoms with Gasteiger partial charge in [0.25, 0.3) is 0 Å². The maximum atomic E-state index is 14.1. The molecule has 3 aliphatic rings. The predicted molar refractivity (Wildman–Crippen MR) is 182 cm³/mol. The third kappa shape index (κ3) is 9.35. The van der Waals surface area contributed by atoms with Crippen LogP contribution in [0.25, 0.3) is 11.3 Å². The number of aliphatic hydroxyl groups excluding tert-OH is 2. The molecule has 0 radical (unpaired) electrons. The van der Waals surface area contributed by atoms with Crippen molar-refractivity contribution in [3.63, 3.8) is 0 Å². The van der Waals surface area contributed by atoms with Crippen LogP contribution >= 0.6 is 11.8 Å². The number of piperidine rings is 2. The van der Waals surface area contributed by atoms with Gasteiger partial charge in [0.2, 0.25) is 10.0 Å². The number of sulfonamides is 1. The van der Waals surface area contributed by atoms with Crippen LogP contribution in [0, 0.1) is 0 Å². The van der Waals surface area contributed by atoms with Crippen molar-refractivity contribution in [2.45, 2.75) is 74.6 Å². The number of hydrogen-bond donors (Lipinski definition) is 2. The molecule has 5 heterocycles. The largest absolute Gasteiger partial charge is 0.460 e. The Balaban J connectivity index is 1.19. The topological polar surface area (TPSA) is 137 Å². The molecule has 0 aliphatic carbocycles. The molecule has 3 aromatic rings. The second-order valence-corrected chi connectivity index (χ2v) is 16.4. The van der Waals surface area contributed by atoms with Crippen molar-refractivity contribution in [1.29, 1.82) is 0 Å². The van der Waals surface area contributed by atoms with Crippen LogP contribution in [0.4, 0.5) is 13.2 Å². The van der Waals surface area contributed by atoms with Crippen molar-refractivity contribution in [2.24, 2.45) is 0 Å². The molecule has 274 valence electrons. The highest BCUT2D eigenvalue weighted by atomic mass is 32.2. The molecule has 50 heavy (non-hydrogen) atoms. The minimum Gasteiger partial charge on any atom is -0.460 e. The maximum absolute atomic E-state index is 14.1. The van der Waals surface area contributed by atoms with E-state index in [2.05, 4.69) is 19.8 Å². The zero-order chi connectivity index (χ0) is 35.5. The summed E-state index contributed by atoms with van der Waals surface area (Å²) >= 11 is 1.11. The fourth-order valence-corrected chi connectivity index (χ4v) is 8.84. The highest BCUT2D eigenvalue weighted by Crippen LogP contribution is 2.40. The van der Waals surface area contributed by atoms with Gasteiger partial charge in [-0.3, -0.25) is 9.58 Å². The normalized spacial score (nSPS) is 20.9. The van der Waals surface area contributed by atoms with Crippen LogP contribution in [0.5, 0.6) is 6.01 Å². The van der Waals surface area contributed by atoms with Crippen molar-refractivity contribution < 1.29 is 36.5 Å². The Kier molecular flexibility index (Phi) is 11.7. The number of likely N-dealkylation sites (tertiary alicyclic amines) is 2. The summed E-state index contributed by atoms with van der Waals surface area (Å²) in [6.07, 6.45) is 2.05. The lowest BCUT2D eigenvalue weighted by Crippen LogP contribution is -2.43. The smallest absolute Gasteiger partial charge is 0.417 e. The number of fused-ring (bicyclic) bond motifs is 1. The van der Waals surface area contributed by atoms with Gasteiger partial charge < -0.3 is 19.8 Å². The molecule has 17 heteroatoms. The van der Waals surface area contributed by atoms with Gasteiger partial charge in [-0.15, -0.1) is 11.8 Å². The molecule has 3 aliphatic heterocycles. The Morgan fingerprint density at radius 3 is 2.52 bits per heavy atom. The average molecular weight is 740 g/mol. The van der Waals surface area contributed by atoms with E-state index in [0.29, 0.717) is 67.7 Å². The molecule has 2 atom stereocenters. The summed E-state index contributed by atoms with van der Waals surface area (Å²) in [5, 5.41) is 26.0. The Morgan fingerprint density at radius 1 is 1.06 bits per heavy atom. The lowest BCUT2D eigenvalue weighted by atomic mass is 10.0. The number of aliphatic hydroxyl groups is 2. The van der Waals surface area contributed by atoms with E-state index < -0.39 is 34.0 Å². The van der Waals surface area contributed by atoms with Gasteiger partial charge in [0, 0.05) is 92.1 Å². The molecule has 12 nitrogen and oxygen atoms in total. The fourth-order valence-electron chi connectivity index (χ4n) is 6.93. The Hall–Kier alpha value is -2.80. The van der Waals surface area contributed by atoms with Gasteiger partial charge in [-0.25, -0.2) is 18.4 Å². The number of halogens is 3. The molecule has 0 saturated carbocycles. The molecule has 6 rings (SSSR count). The minimum atomic E-state index is -4.56. The van der Waals surface area contributed by atoms with E-state index in [1.807, 2.05) is 0 Å².